The zero-order chi connectivity index (χ0) is 21.1. The molecule has 0 unspecified atom stereocenters. The lowest BCUT2D eigenvalue weighted by atomic mass is 10.0. The molecule has 8 heteroatoms. The van der Waals surface area contributed by atoms with E-state index in [1.54, 1.807) is 24.3 Å². The minimum atomic E-state index is -0.827. The SMILES string of the molecule is COC(=O)[C@H](CC(C)C)NC(=O)[C@@H]1CCC(=O)N1c1cc(=O)oc2ccccc12. The van der Waals surface area contributed by atoms with Crippen molar-refractivity contribution >= 4 is 34.4 Å². The average Bonchev–Trinajstić information content (AvgIpc) is 3.07. The van der Waals surface area contributed by atoms with Crippen LogP contribution in [0.2, 0.25) is 0 Å². The van der Waals surface area contributed by atoms with E-state index in [0.29, 0.717) is 23.1 Å². The maximum Gasteiger partial charge on any atom is 0.338 e. The second kappa shape index (κ2) is 8.46. The number of nitrogens with one attached hydrogen (secondary N) is 1. The standard InChI is InChI=1S/C21H24N2O6/c1-12(2)10-14(21(27)28-3)22-20(26)15-8-9-18(24)23(15)16-11-19(25)29-17-7-5-4-6-13(16)17/h4-7,11-12,14-15H,8-10H2,1-3H3,(H,22,26)/t14-,15-/m0/s1. The molecular weight excluding hydrogens is 376 g/mol. The van der Waals surface area contributed by atoms with E-state index < -0.39 is 29.6 Å². The summed E-state index contributed by atoms with van der Waals surface area (Å²) in [5, 5.41) is 3.28. The van der Waals surface area contributed by atoms with Gasteiger partial charge in [0.15, 0.2) is 0 Å². The summed E-state index contributed by atoms with van der Waals surface area (Å²) in [6.07, 6.45) is 0.867. The molecule has 2 aromatic rings. The maximum absolute atomic E-state index is 13.0. The number of ether oxygens (including phenoxy) is 1. The first-order valence-corrected chi connectivity index (χ1v) is 9.55. The Kier molecular flexibility index (Phi) is 6.00. The highest BCUT2D eigenvalue weighted by Crippen LogP contribution is 2.32. The van der Waals surface area contributed by atoms with Gasteiger partial charge in [-0.1, -0.05) is 26.0 Å². The Hall–Kier alpha value is -3.16. The van der Waals surface area contributed by atoms with Crippen molar-refractivity contribution in [2.24, 2.45) is 5.92 Å². The molecule has 1 aliphatic rings. The van der Waals surface area contributed by atoms with Crippen molar-refractivity contribution in [1.29, 1.82) is 0 Å². The molecule has 2 heterocycles. The number of hydrogen-bond acceptors (Lipinski definition) is 6. The Morgan fingerprint density at radius 2 is 2.00 bits per heavy atom. The Labute approximate surface area is 167 Å². The zero-order valence-electron chi connectivity index (χ0n) is 16.6. The van der Waals surface area contributed by atoms with Crippen molar-refractivity contribution in [3.63, 3.8) is 0 Å². The third-order valence-corrected chi connectivity index (χ3v) is 4.91. The summed E-state index contributed by atoms with van der Waals surface area (Å²) < 4.78 is 9.99. The smallest absolute Gasteiger partial charge is 0.338 e. The molecule has 0 bridgehead atoms. The summed E-state index contributed by atoms with van der Waals surface area (Å²) in [5.74, 6) is -1.10. The summed E-state index contributed by atoms with van der Waals surface area (Å²) in [5.41, 5.74) is 0.0592. The highest BCUT2D eigenvalue weighted by molar-refractivity contribution is 6.09. The number of benzene rings is 1. The second-order valence-corrected chi connectivity index (χ2v) is 7.48. The van der Waals surface area contributed by atoms with Gasteiger partial charge in [-0.05, 0) is 30.9 Å². The summed E-state index contributed by atoms with van der Waals surface area (Å²) in [6.45, 7) is 3.87. The number of nitrogens with zero attached hydrogens (tertiary/aromatic N) is 1. The van der Waals surface area contributed by atoms with Crippen molar-refractivity contribution in [1.82, 2.24) is 5.32 Å². The number of anilines is 1. The molecule has 1 fully saturated rings. The van der Waals surface area contributed by atoms with Crippen LogP contribution in [0.5, 0.6) is 0 Å². The van der Waals surface area contributed by atoms with Crippen molar-refractivity contribution in [2.45, 2.75) is 45.2 Å². The first-order chi connectivity index (χ1) is 13.8. The summed E-state index contributed by atoms with van der Waals surface area (Å²) in [4.78, 5) is 51.0. The molecule has 2 amide bonds. The summed E-state index contributed by atoms with van der Waals surface area (Å²) in [7, 11) is 1.27. The molecule has 29 heavy (non-hydrogen) atoms. The molecule has 2 atom stereocenters. The van der Waals surface area contributed by atoms with E-state index in [0.717, 1.165) is 0 Å². The zero-order valence-corrected chi connectivity index (χ0v) is 16.6. The van der Waals surface area contributed by atoms with Gasteiger partial charge < -0.3 is 14.5 Å². The molecule has 0 saturated carbocycles. The van der Waals surface area contributed by atoms with Gasteiger partial charge in [-0.2, -0.15) is 0 Å². The number of fused-ring (bicyclic) bond motifs is 1. The normalized spacial score (nSPS) is 17.6. The Balaban J connectivity index is 1.94. The van der Waals surface area contributed by atoms with Crippen molar-refractivity contribution in [3.8, 4) is 0 Å². The Morgan fingerprint density at radius 1 is 1.28 bits per heavy atom. The van der Waals surface area contributed by atoms with Gasteiger partial charge in [0.1, 0.15) is 17.7 Å². The number of carbonyl (C=O) groups is 3. The van der Waals surface area contributed by atoms with Crippen LogP contribution < -0.4 is 15.8 Å². The minimum absolute atomic E-state index is 0.156. The predicted octanol–water partition coefficient (Wildman–Crippen LogP) is 1.99. The quantitative estimate of drug-likeness (QED) is 0.587. The number of amides is 2. The first kappa shape index (κ1) is 20.6. The lowest BCUT2D eigenvalue weighted by Crippen LogP contribution is -2.51. The number of rotatable bonds is 6. The van der Waals surface area contributed by atoms with Gasteiger partial charge >= 0.3 is 11.6 Å². The molecule has 1 saturated heterocycles. The van der Waals surface area contributed by atoms with E-state index in [1.807, 2.05) is 13.8 Å². The van der Waals surface area contributed by atoms with E-state index in [1.165, 1.54) is 18.1 Å². The maximum atomic E-state index is 13.0. The lowest BCUT2D eigenvalue weighted by molar-refractivity contribution is -0.145. The molecule has 0 radical (unpaired) electrons. The monoisotopic (exact) mass is 400 g/mol. The molecule has 1 N–H and O–H groups in total. The van der Waals surface area contributed by atoms with Gasteiger partial charge in [0.2, 0.25) is 11.8 Å². The van der Waals surface area contributed by atoms with E-state index in [2.05, 4.69) is 5.32 Å². The second-order valence-electron chi connectivity index (χ2n) is 7.48. The molecule has 3 rings (SSSR count). The van der Waals surface area contributed by atoms with E-state index >= 15 is 0 Å². The molecule has 154 valence electrons. The minimum Gasteiger partial charge on any atom is -0.467 e. The van der Waals surface area contributed by atoms with Gasteiger partial charge in [0.25, 0.3) is 0 Å². The summed E-state index contributed by atoms with van der Waals surface area (Å²) >= 11 is 0. The van der Waals surface area contributed by atoms with Crippen LogP contribution in [0.25, 0.3) is 11.0 Å². The molecule has 1 aliphatic heterocycles. The number of esters is 1. The van der Waals surface area contributed by atoms with Crippen LogP contribution in [-0.4, -0.2) is 37.0 Å². The Morgan fingerprint density at radius 3 is 2.69 bits per heavy atom. The van der Waals surface area contributed by atoms with Crippen LogP contribution in [-0.2, 0) is 19.1 Å². The number of methoxy groups -OCH3 is 1. The van der Waals surface area contributed by atoms with Gasteiger partial charge in [-0.15, -0.1) is 0 Å². The van der Waals surface area contributed by atoms with Crippen LogP contribution in [0.3, 0.4) is 0 Å². The van der Waals surface area contributed by atoms with Crippen LogP contribution in [0, 0.1) is 5.92 Å². The van der Waals surface area contributed by atoms with E-state index in [9.17, 15) is 19.2 Å². The number of para-hydroxylation sites is 1. The van der Waals surface area contributed by atoms with E-state index in [-0.39, 0.29) is 24.7 Å². The first-order valence-electron chi connectivity index (χ1n) is 9.55. The summed E-state index contributed by atoms with van der Waals surface area (Å²) in [6, 6.07) is 6.43. The molecule has 0 aliphatic carbocycles. The van der Waals surface area contributed by atoms with Crippen molar-refractivity contribution in [2.75, 3.05) is 12.0 Å². The van der Waals surface area contributed by atoms with Crippen molar-refractivity contribution in [3.05, 3.63) is 40.8 Å². The average molecular weight is 400 g/mol. The molecular formula is C21H24N2O6. The van der Waals surface area contributed by atoms with E-state index in [4.69, 9.17) is 9.15 Å². The van der Waals surface area contributed by atoms with Crippen LogP contribution >= 0.6 is 0 Å². The van der Waals surface area contributed by atoms with Crippen LogP contribution in [0.1, 0.15) is 33.1 Å². The molecule has 1 aromatic heterocycles. The fraction of sp³-hybridized carbons (Fsp3) is 0.429. The largest absolute Gasteiger partial charge is 0.467 e. The topological polar surface area (TPSA) is 106 Å². The predicted molar refractivity (Wildman–Crippen MR) is 106 cm³/mol. The lowest BCUT2D eigenvalue weighted by Gasteiger charge is -2.27. The van der Waals surface area contributed by atoms with Crippen LogP contribution in [0.4, 0.5) is 5.69 Å². The third-order valence-electron chi connectivity index (χ3n) is 4.91. The fourth-order valence-electron chi connectivity index (χ4n) is 3.62. The number of hydrogen-bond donors (Lipinski definition) is 1. The number of carbonyl (C=O) groups excluding carboxylic acids is 3. The highest BCUT2D eigenvalue weighted by atomic mass is 16.5. The van der Waals surface area contributed by atoms with Gasteiger partial charge in [-0.3, -0.25) is 14.5 Å². The van der Waals surface area contributed by atoms with Gasteiger partial charge in [0, 0.05) is 17.9 Å². The third kappa shape index (κ3) is 4.31. The fourth-order valence-corrected chi connectivity index (χ4v) is 3.62. The van der Waals surface area contributed by atoms with Gasteiger partial charge in [-0.25, -0.2) is 9.59 Å². The van der Waals surface area contributed by atoms with Gasteiger partial charge in [0.05, 0.1) is 12.8 Å². The Bertz CT molecular complexity index is 996. The van der Waals surface area contributed by atoms with Crippen LogP contribution in [0.15, 0.2) is 39.5 Å². The highest BCUT2D eigenvalue weighted by Gasteiger charge is 2.39. The molecule has 8 nitrogen and oxygen atoms in total. The molecule has 0 spiro atoms. The molecule has 1 aromatic carbocycles. The van der Waals surface area contributed by atoms with Crippen molar-refractivity contribution < 1.29 is 23.5 Å².